The maximum atomic E-state index is 11.6. The van der Waals surface area contributed by atoms with Crippen LogP contribution in [0.2, 0.25) is 0 Å². The van der Waals surface area contributed by atoms with Gasteiger partial charge in [0.25, 0.3) is 0 Å². The molecule has 2 rings (SSSR count). The Morgan fingerprint density at radius 2 is 1.83 bits per heavy atom. The number of ether oxygens (including phenoxy) is 2. The van der Waals surface area contributed by atoms with Gasteiger partial charge in [-0.15, -0.1) is 0 Å². The molecule has 0 bridgehead atoms. The summed E-state index contributed by atoms with van der Waals surface area (Å²) in [5, 5.41) is 27.9. The third-order valence-electron chi connectivity index (χ3n) is 2.73. The molecule has 0 saturated carbocycles. The quantitative estimate of drug-likeness (QED) is 0.616. The maximum Gasteiger partial charge on any atom is 0.338 e. The predicted molar refractivity (Wildman–Crippen MR) is 59.6 cm³/mol. The highest BCUT2D eigenvalue weighted by Gasteiger charge is 2.42. The summed E-state index contributed by atoms with van der Waals surface area (Å²) in [6.07, 6.45) is -5.04. The number of hydrogen-bond acceptors (Lipinski definition) is 6. The van der Waals surface area contributed by atoms with Gasteiger partial charge in [0, 0.05) is 0 Å². The first-order valence-corrected chi connectivity index (χ1v) is 5.51. The molecule has 6 heteroatoms. The summed E-state index contributed by atoms with van der Waals surface area (Å²) in [5.74, 6) is -0.553. The van der Waals surface area contributed by atoms with Crippen LogP contribution in [0, 0.1) is 0 Å². The van der Waals surface area contributed by atoms with Crippen LogP contribution in [0.3, 0.4) is 0 Å². The molecule has 1 aromatic rings. The molecule has 4 atom stereocenters. The number of rotatable bonds is 3. The van der Waals surface area contributed by atoms with Gasteiger partial charge in [0.1, 0.15) is 24.9 Å². The van der Waals surface area contributed by atoms with Gasteiger partial charge >= 0.3 is 5.97 Å². The van der Waals surface area contributed by atoms with Crippen LogP contribution in [0.1, 0.15) is 10.4 Å². The Kier molecular flexibility index (Phi) is 3.93. The zero-order valence-corrected chi connectivity index (χ0v) is 9.47. The van der Waals surface area contributed by atoms with Gasteiger partial charge in [-0.2, -0.15) is 0 Å². The molecule has 0 aromatic heterocycles. The van der Waals surface area contributed by atoms with Crippen LogP contribution >= 0.6 is 0 Å². The molecule has 0 amide bonds. The third-order valence-corrected chi connectivity index (χ3v) is 2.73. The molecule has 18 heavy (non-hydrogen) atoms. The van der Waals surface area contributed by atoms with Gasteiger partial charge in [0.2, 0.25) is 0 Å². The Morgan fingerprint density at radius 1 is 1.17 bits per heavy atom. The minimum absolute atomic E-state index is 0.233. The fourth-order valence-corrected chi connectivity index (χ4v) is 1.68. The van der Waals surface area contributed by atoms with Crippen molar-refractivity contribution in [1.82, 2.24) is 0 Å². The van der Waals surface area contributed by atoms with Crippen molar-refractivity contribution in [2.45, 2.75) is 24.6 Å². The van der Waals surface area contributed by atoms with E-state index in [-0.39, 0.29) is 6.61 Å². The van der Waals surface area contributed by atoms with E-state index in [9.17, 15) is 15.0 Å². The second-order valence-electron chi connectivity index (χ2n) is 4.01. The number of aliphatic hydroxyl groups excluding tert-OH is 3. The van der Waals surface area contributed by atoms with Crippen molar-refractivity contribution in [3.05, 3.63) is 35.9 Å². The highest BCUT2D eigenvalue weighted by Crippen LogP contribution is 2.20. The lowest BCUT2D eigenvalue weighted by Crippen LogP contribution is -2.34. The van der Waals surface area contributed by atoms with Gasteiger partial charge in [-0.05, 0) is 12.1 Å². The SMILES string of the molecule is O=C(OCC1OC(O)C(O)C1O)c1ccccc1. The van der Waals surface area contributed by atoms with Crippen LogP contribution in [0.5, 0.6) is 0 Å². The molecule has 6 nitrogen and oxygen atoms in total. The molecule has 98 valence electrons. The van der Waals surface area contributed by atoms with Crippen molar-refractivity contribution in [3.8, 4) is 0 Å². The van der Waals surface area contributed by atoms with E-state index >= 15 is 0 Å². The van der Waals surface area contributed by atoms with Gasteiger partial charge in [0.15, 0.2) is 6.29 Å². The Morgan fingerprint density at radius 3 is 2.39 bits per heavy atom. The first kappa shape index (κ1) is 13.0. The van der Waals surface area contributed by atoms with Crippen molar-refractivity contribution < 1.29 is 29.6 Å². The summed E-state index contributed by atoms with van der Waals surface area (Å²) in [7, 11) is 0. The van der Waals surface area contributed by atoms with Gasteiger partial charge in [-0.25, -0.2) is 4.79 Å². The molecule has 4 unspecified atom stereocenters. The summed E-state index contributed by atoms with van der Waals surface area (Å²) >= 11 is 0. The van der Waals surface area contributed by atoms with Crippen LogP contribution in [-0.2, 0) is 9.47 Å². The van der Waals surface area contributed by atoms with Crippen LogP contribution in [0.15, 0.2) is 30.3 Å². The van der Waals surface area contributed by atoms with Gasteiger partial charge in [-0.1, -0.05) is 18.2 Å². The average Bonchev–Trinajstić information content (AvgIpc) is 2.64. The summed E-state index contributed by atoms with van der Waals surface area (Å²) < 4.78 is 9.78. The van der Waals surface area contributed by atoms with Crippen molar-refractivity contribution in [2.24, 2.45) is 0 Å². The van der Waals surface area contributed by atoms with E-state index in [1.54, 1.807) is 30.3 Å². The Labute approximate surface area is 103 Å². The lowest BCUT2D eigenvalue weighted by molar-refractivity contribution is -0.133. The average molecular weight is 254 g/mol. The standard InChI is InChI=1S/C12H14O6/c13-9-8(18-12(16)10(9)14)6-17-11(15)7-4-2-1-3-5-7/h1-5,8-10,12-14,16H,6H2. The normalized spacial score (nSPS) is 31.3. The van der Waals surface area contributed by atoms with Crippen molar-refractivity contribution >= 4 is 5.97 Å². The highest BCUT2D eigenvalue weighted by atomic mass is 16.7. The lowest BCUT2D eigenvalue weighted by Gasteiger charge is -2.14. The molecule has 3 N–H and O–H groups in total. The summed E-state index contributed by atoms with van der Waals surface area (Å²) in [5.41, 5.74) is 0.381. The highest BCUT2D eigenvalue weighted by molar-refractivity contribution is 5.89. The van der Waals surface area contributed by atoms with E-state index < -0.39 is 30.6 Å². The van der Waals surface area contributed by atoms with Gasteiger partial charge in [0.05, 0.1) is 5.56 Å². The minimum Gasteiger partial charge on any atom is -0.459 e. The fourth-order valence-electron chi connectivity index (χ4n) is 1.68. The molecular formula is C12H14O6. The maximum absolute atomic E-state index is 11.6. The minimum atomic E-state index is -1.46. The summed E-state index contributed by atoms with van der Waals surface area (Å²) in [4.78, 5) is 11.6. The van der Waals surface area contributed by atoms with Crippen LogP contribution in [-0.4, -0.2) is 52.5 Å². The van der Waals surface area contributed by atoms with E-state index in [1.165, 1.54) is 0 Å². The monoisotopic (exact) mass is 254 g/mol. The molecule has 1 aliphatic heterocycles. The molecule has 0 aliphatic carbocycles. The first-order chi connectivity index (χ1) is 8.59. The largest absolute Gasteiger partial charge is 0.459 e. The molecule has 0 radical (unpaired) electrons. The Bertz CT molecular complexity index is 406. The zero-order chi connectivity index (χ0) is 13.1. The van der Waals surface area contributed by atoms with Crippen LogP contribution in [0.25, 0.3) is 0 Å². The van der Waals surface area contributed by atoms with E-state index in [0.717, 1.165) is 0 Å². The number of hydrogen-bond donors (Lipinski definition) is 3. The van der Waals surface area contributed by atoms with Gasteiger partial charge < -0.3 is 24.8 Å². The van der Waals surface area contributed by atoms with Crippen molar-refractivity contribution in [2.75, 3.05) is 6.61 Å². The topological polar surface area (TPSA) is 96.2 Å². The summed E-state index contributed by atoms with van der Waals surface area (Å²) in [6.45, 7) is -0.233. The summed E-state index contributed by atoms with van der Waals surface area (Å²) in [6, 6.07) is 8.36. The number of carbonyl (C=O) groups is 1. The number of esters is 1. The molecule has 1 saturated heterocycles. The van der Waals surface area contributed by atoms with Gasteiger partial charge in [-0.3, -0.25) is 0 Å². The van der Waals surface area contributed by atoms with Crippen LogP contribution in [0.4, 0.5) is 0 Å². The number of benzene rings is 1. The van der Waals surface area contributed by atoms with E-state index in [0.29, 0.717) is 5.56 Å². The third kappa shape index (κ3) is 2.68. The molecule has 1 aliphatic rings. The second kappa shape index (κ2) is 5.45. The molecule has 1 heterocycles. The number of carbonyl (C=O) groups excluding carboxylic acids is 1. The number of aliphatic hydroxyl groups is 3. The lowest BCUT2D eigenvalue weighted by atomic mass is 10.1. The van der Waals surface area contributed by atoms with E-state index in [1.807, 2.05) is 0 Å². The smallest absolute Gasteiger partial charge is 0.338 e. The van der Waals surface area contributed by atoms with E-state index in [2.05, 4.69) is 0 Å². The molecule has 1 aromatic carbocycles. The Hall–Kier alpha value is -1.47. The Balaban J connectivity index is 1.88. The van der Waals surface area contributed by atoms with Crippen molar-refractivity contribution in [1.29, 1.82) is 0 Å². The predicted octanol–water partition coefficient (Wildman–Crippen LogP) is -0.718. The van der Waals surface area contributed by atoms with Crippen molar-refractivity contribution in [3.63, 3.8) is 0 Å². The van der Waals surface area contributed by atoms with E-state index in [4.69, 9.17) is 14.6 Å². The van der Waals surface area contributed by atoms with Crippen LogP contribution < -0.4 is 0 Å². The molecule has 0 spiro atoms. The zero-order valence-electron chi connectivity index (χ0n) is 9.47. The first-order valence-electron chi connectivity index (χ1n) is 5.51. The molecule has 1 fully saturated rings. The molecular weight excluding hydrogens is 240 g/mol. The second-order valence-corrected chi connectivity index (χ2v) is 4.01. The fraction of sp³-hybridized carbons (Fsp3) is 0.417.